The van der Waals surface area contributed by atoms with Gasteiger partial charge in [0.25, 0.3) is 0 Å². The quantitative estimate of drug-likeness (QED) is 0.167. The van der Waals surface area contributed by atoms with Crippen molar-refractivity contribution in [1.29, 1.82) is 0 Å². The molecule has 4 heteroatoms. The maximum atomic E-state index is 12.7. The zero-order chi connectivity index (χ0) is 26.0. The van der Waals surface area contributed by atoms with Gasteiger partial charge in [-0.25, -0.2) is 0 Å². The third-order valence-electron chi connectivity index (χ3n) is 12.4. The van der Waals surface area contributed by atoms with Crippen LogP contribution < -0.4 is 5.32 Å². The molecule has 0 aliphatic heterocycles. The minimum Gasteiger partial charge on any atom is -0.356 e. The third kappa shape index (κ3) is 6.00. The summed E-state index contributed by atoms with van der Waals surface area (Å²) in [6, 6.07) is 0. The topological polar surface area (TPSA) is 29.1 Å². The maximum Gasteiger partial charge on any atom is 0.220 e. The van der Waals surface area contributed by atoms with E-state index in [-0.39, 0.29) is 5.91 Å². The highest BCUT2D eigenvalue weighted by atomic mass is 32.1. The molecule has 0 heterocycles. The fourth-order valence-electron chi connectivity index (χ4n) is 10.3. The number of rotatable bonds is 11. The van der Waals surface area contributed by atoms with Crippen LogP contribution in [0.5, 0.6) is 0 Å². The van der Waals surface area contributed by atoms with Gasteiger partial charge in [0.2, 0.25) is 5.91 Å². The number of nitrogens with zero attached hydrogens (tertiary/aromatic N) is 1. The lowest BCUT2D eigenvalue weighted by Gasteiger charge is -2.61. The Hall–Kier alpha value is -0.220. The summed E-state index contributed by atoms with van der Waals surface area (Å²) < 4.78 is 1.02. The highest BCUT2D eigenvalue weighted by Crippen LogP contribution is 2.68. The molecule has 0 aromatic rings. The van der Waals surface area contributed by atoms with Crippen LogP contribution in [0.1, 0.15) is 111 Å². The van der Waals surface area contributed by atoms with Gasteiger partial charge in [-0.1, -0.05) is 33.6 Å². The zero-order valence-electron chi connectivity index (χ0n) is 24.5. The molecule has 4 unspecified atom stereocenters. The Morgan fingerprint density at radius 2 is 1.69 bits per heavy atom. The van der Waals surface area contributed by atoms with Gasteiger partial charge in [-0.15, -0.1) is 0 Å². The minimum absolute atomic E-state index is 0.273. The summed E-state index contributed by atoms with van der Waals surface area (Å²) in [5, 5.41) is 3.23. The van der Waals surface area contributed by atoms with Crippen LogP contribution in [0.15, 0.2) is 0 Å². The van der Waals surface area contributed by atoms with Gasteiger partial charge < -0.3 is 9.80 Å². The SMILES string of the molecule is C[C@H](CCC(=O)NCCC[N+](C)(C)CCCS)[C@H]1CCC2C3CCC4CCCC[C@]4(C)C3CC[C@@]21C. The number of amides is 1. The van der Waals surface area contributed by atoms with Crippen LogP contribution in [-0.4, -0.2) is 49.9 Å². The third-order valence-corrected chi connectivity index (χ3v) is 12.7. The Balaban J connectivity index is 1.24. The molecule has 4 rings (SSSR count). The van der Waals surface area contributed by atoms with Crippen molar-refractivity contribution in [2.45, 2.75) is 111 Å². The Bertz CT molecular complexity index is 740. The van der Waals surface area contributed by atoms with Crippen LogP contribution in [0.3, 0.4) is 0 Å². The van der Waals surface area contributed by atoms with Gasteiger partial charge >= 0.3 is 0 Å². The maximum absolute atomic E-state index is 12.7. The van der Waals surface area contributed by atoms with Crippen molar-refractivity contribution in [2.75, 3.05) is 39.5 Å². The second kappa shape index (κ2) is 11.9. The number of carbonyl (C=O) groups is 1. The highest BCUT2D eigenvalue weighted by Gasteiger charge is 2.60. The molecule has 1 N–H and O–H groups in total. The van der Waals surface area contributed by atoms with Crippen LogP contribution in [0.2, 0.25) is 0 Å². The summed E-state index contributed by atoms with van der Waals surface area (Å²) in [5.41, 5.74) is 1.16. The summed E-state index contributed by atoms with van der Waals surface area (Å²) in [7, 11) is 4.58. The number of nitrogens with one attached hydrogen (secondary N) is 1. The van der Waals surface area contributed by atoms with Gasteiger partial charge in [-0.2, -0.15) is 12.6 Å². The summed E-state index contributed by atoms with van der Waals surface area (Å²) in [5.74, 6) is 6.66. The average Bonchev–Trinajstić information content (AvgIpc) is 3.21. The lowest BCUT2D eigenvalue weighted by Crippen LogP contribution is -2.53. The highest BCUT2D eigenvalue weighted by molar-refractivity contribution is 7.80. The van der Waals surface area contributed by atoms with Crippen molar-refractivity contribution in [3.8, 4) is 0 Å². The molecule has 8 atom stereocenters. The Labute approximate surface area is 229 Å². The summed E-state index contributed by atoms with van der Waals surface area (Å²) in [6.45, 7) is 10.9. The van der Waals surface area contributed by atoms with E-state index in [1.165, 1.54) is 64.2 Å². The van der Waals surface area contributed by atoms with E-state index in [9.17, 15) is 4.79 Å². The van der Waals surface area contributed by atoms with E-state index < -0.39 is 0 Å². The lowest BCUT2D eigenvalue weighted by atomic mass is 9.44. The van der Waals surface area contributed by atoms with Crippen LogP contribution in [0.25, 0.3) is 0 Å². The van der Waals surface area contributed by atoms with Crippen molar-refractivity contribution in [3.63, 3.8) is 0 Å². The molecule has 0 bridgehead atoms. The van der Waals surface area contributed by atoms with E-state index in [1.807, 2.05) is 0 Å². The number of hydrogen-bond acceptors (Lipinski definition) is 2. The van der Waals surface area contributed by atoms with Gasteiger partial charge in [0, 0.05) is 25.8 Å². The molecule has 1 amide bonds. The summed E-state index contributed by atoms with van der Waals surface area (Å²) in [4.78, 5) is 12.7. The van der Waals surface area contributed by atoms with Gasteiger partial charge in [-0.05, 0) is 110 Å². The molecular weight excluding hydrogens is 460 g/mol. The molecule has 0 aromatic carbocycles. The first-order valence-corrected chi connectivity index (χ1v) is 16.4. The molecule has 36 heavy (non-hydrogen) atoms. The number of hydrogen-bond donors (Lipinski definition) is 2. The van der Waals surface area contributed by atoms with Crippen molar-refractivity contribution >= 4 is 18.5 Å². The molecule has 0 spiro atoms. The first kappa shape index (κ1) is 28.8. The molecule has 208 valence electrons. The van der Waals surface area contributed by atoms with Gasteiger partial charge in [-0.3, -0.25) is 4.79 Å². The lowest BCUT2D eigenvalue weighted by molar-refractivity contribution is -0.890. The van der Waals surface area contributed by atoms with Crippen molar-refractivity contribution in [3.05, 3.63) is 0 Å². The second-order valence-electron chi connectivity index (χ2n) is 14.8. The van der Waals surface area contributed by atoms with Crippen LogP contribution >= 0.6 is 12.6 Å². The molecule has 4 aliphatic carbocycles. The molecule has 0 radical (unpaired) electrons. The van der Waals surface area contributed by atoms with Gasteiger partial charge in [0.15, 0.2) is 0 Å². The number of fused-ring (bicyclic) bond motifs is 5. The fourth-order valence-corrected chi connectivity index (χ4v) is 10.4. The number of quaternary nitrogens is 1. The van der Waals surface area contributed by atoms with E-state index >= 15 is 0 Å². The smallest absolute Gasteiger partial charge is 0.220 e. The predicted octanol–water partition coefficient (Wildman–Crippen LogP) is 7.35. The Morgan fingerprint density at radius 3 is 2.47 bits per heavy atom. The van der Waals surface area contributed by atoms with Crippen LogP contribution in [0.4, 0.5) is 0 Å². The van der Waals surface area contributed by atoms with E-state index in [2.05, 4.69) is 52.8 Å². The van der Waals surface area contributed by atoms with Crippen LogP contribution in [-0.2, 0) is 4.79 Å². The molecule has 4 saturated carbocycles. The molecule has 0 saturated heterocycles. The largest absolute Gasteiger partial charge is 0.356 e. The monoisotopic (exact) mass is 519 g/mol. The van der Waals surface area contributed by atoms with Crippen molar-refractivity contribution < 1.29 is 9.28 Å². The zero-order valence-corrected chi connectivity index (χ0v) is 25.4. The van der Waals surface area contributed by atoms with E-state index in [1.54, 1.807) is 0 Å². The second-order valence-corrected chi connectivity index (χ2v) is 15.3. The first-order chi connectivity index (χ1) is 17.1. The standard InChI is InChI=1S/C32H58N2OS/c1-24(11-16-30(35)33-20-8-21-34(4,5)22-9-23-36)27-14-15-28-26-13-12-25-10-6-7-18-31(25,2)29(26)17-19-32(27,28)3/h24-29H,6-23H2,1-5H3,(H-,33,35,36)/p+1/t24-,25?,26?,27-,28?,29?,31+,32-/m1/s1. The molecule has 4 aliphatic rings. The van der Waals surface area contributed by atoms with Gasteiger partial charge in [0.05, 0.1) is 27.2 Å². The summed E-state index contributed by atoms with van der Waals surface area (Å²) in [6.07, 6.45) is 18.8. The molecule has 0 aromatic heterocycles. The molecule has 4 fully saturated rings. The van der Waals surface area contributed by atoms with Crippen LogP contribution in [0, 0.1) is 46.3 Å². The molecular formula is C32H59N2OS+. The fraction of sp³-hybridized carbons (Fsp3) is 0.969. The average molecular weight is 520 g/mol. The van der Waals surface area contributed by atoms with E-state index in [4.69, 9.17) is 0 Å². The van der Waals surface area contributed by atoms with Crippen molar-refractivity contribution in [2.24, 2.45) is 46.3 Å². The van der Waals surface area contributed by atoms with E-state index in [0.717, 1.165) is 78.7 Å². The first-order valence-electron chi connectivity index (χ1n) is 15.8. The van der Waals surface area contributed by atoms with E-state index in [0.29, 0.717) is 23.2 Å². The Morgan fingerprint density at radius 1 is 0.944 bits per heavy atom. The minimum atomic E-state index is 0.273. The number of thiol groups is 1. The predicted molar refractivity (Wildman–Crippen MR) is 156 cm³/mol. The normalized spacial score (nSPS) is 39.1. The van der Waals surface area contributed by atoms with Gasteiger partial charge in [0.1, 0.15) is 0 Å². The van der Waals surface area contributed by atoms with Crippen molar-refractivity contribution in [1.82, 2.24) is 5.32 Å². The summed E-state index contributed by atoms with van der Waals surface area (Å²) >= 11 is 4.34. The Kier molecular flexibility index (Phi) is 9.50. The molecule has 3 nitrogen and oxygen atoms in total. The number of carbonyl (C=O) groups excluding carboxylic acids is 1.